The standard InChI is InChI=1S/C13H18BrN3O/c1-8-3-4-15-11(5-8)13(18)17-12-6-9(2)10(14)7-16-12/h6-8,11,15H,3-5H2,1-2H3,(H,16,17,18). The first-order chi connectivity index (χ1) is 8.56. The summed E-state index contributed by atoms with van der Waals surface area (Å²) in [5.74, 6) is 1.22. The Morgan fingerprint density at radius 1 is 1.61 bits per heavy atom. The fraction of sp³-hybridized carbons (Fsp3) is 0.538. The van der Waals surface area contributed by atoms with Crippen molar-refractivity contribution in [3.63, 3.8) is 0 Å². The summed E-state index contributed by atoms with van der Waals surface area (Å²) >= 11 is 3.39. The molecule has 1 aromatic heterocycles. The maximum atomic E-state index is 12.1. The average molecular weight is 312 g/mol. The number of nitrogens with zero attached hydrogens (tertiary/aromatic N) is 1. The van der Waals surface area contributed by atoms with E-state index in [0.29, 0.717) is 11.7 Å². The van der Waals surface area contributed by atoms with Crippen LogP contribution in [0.15, 0.2) is 16.7 Å². The number of anilines is 1. The highest BCUT2D eigenvalue weighted by molar-refractivity contribution is 9.10. The summed E-state index contributed by atoms with van der Waals surface area (Å²) < 4.78 is 0.949. The number of carbonyl (C=O) groups is 1. The molecule has 0 aromatic carbocycles. The zero-order valence-corrected chi connectivity index (χ0v) is 12.3. The fourth-order valence-electron chi connectivity index (χ4n) is 2.13. The second kappa shape index (κ2) is 5.80. The minimum atomic E-state index is -0.0977. The molecule has 1 amide bonds. The van der Waals surface area contributed by atoms with E-state index in [9.17, 15) is 4.79 Å². The lowest BCUT2D eigenvalue weighted by molar-refractivity contribution is -0.119. The van der Waals surface area contributed by atoms with Crippen LogP contribution >= 0.6 is 15.9 Å². The molecule has 98 valence electrons. The Morgan fingerprint density at radius 2 is 2.39 bits per heavy atom. The third kappa shape index (κ3) is 3.29. The molecule has 0 saturated carbocycles. The van der Waals surface area contributed by atoms with Crippen molar-refractivity contribution in [2.75, 3.05) is 11.9 Å². The van der Waals surface area contributed by atoms with Crippen LogP contribution in [0.3, 0.4) is 0 Å². The normalized spacial score (nSPS) is 23.7. The maximum Gasteiger partial charge on any atom is 0.242 e. The van der Waals surface area contributed by atoms with Crippen LogP contribution in [0, 0.1) is 12.8 Å². The van der Waals surface area contributed by atoms with Crippen molar-refractivity contribution < 1.29 is 4.79 Å². The third-order valence-corrected chi connectivity index (χ3v) is 4.11. The smallest absolute Gasteiger partial charge is 0.242 e. The zero-order valence-electron chi connectivity index (χ0n) is 10.7. The van der Waals surface area contributed by atoms with E-state index < -0.39 is 0 Å². The second-order valence-corrected chi connectivity index (χ2v) is 5.80. The Bertz CT molecular complexity index is 450. The Hall–Kier alpha value is -0.940. The molecule has 0 spiro atoms. The summed E-state index contributed by atoms with van der Waals surface area (Å²) in [7, 11) is 0. The number of amides is 1. The van der Waals surface area contributed by atoms with E-state index in [1.54, 1.807) is 6.20 Å². The predicted molar refractivity (Wildman–Crippen MR) is 75.5 cm³/mol. The van der Waals surface area contributed by atoms with Gasteiger partial charge in [-0.1, -0.05) is 6.92 Å². The molecule has 2 N–H and O–H groups in total. The monoisotopic (exact) mass is 311 g/mol. The minimum absolute atomic E-state index is 0.00997. The van der Waals surface area contributed by atoms with Gasteiger partial charge in [-0.3, -0.25) is 4.79 Å². The van der Waals surface area contributed by atoms with Gasteiger partial charge in [0.25, 0.3) is 0 Å². The molecular weight excluding hydrogens is 294 g/mol. The van der Waals surface area contributed by atoms with Gasteiger partial charge in [0.15, 0.2) is 0 Å². The predicted octanol–water partition coefficient (Wildman–Crippen LogP) is 2.48. The number of rotatable bonds is 2. The molecule has 1 fully saturated rings. The first-order valence-corrected chi connectivity index (χ1v) is 7.02. The molecule has 2 atom stereocenters. The molecule has 1 aliphatic heterocycles. The topological polar surface area (TPSA) is 54.0 Å². The van der Waals surface area contributed by atoms with E-state index in [1.807, 2.05) is 13.0 Å². The lowest BCUT2D eigenvalue weighted by Crippen LogP contribution is -2.45. The SMILES string of the molecule is Cc1cc(NC(=O)C2CC(C)CCN2)ncc1Br. The van der Waals surface area contributed by atoms with Gasteiger partial charge in [0.2, 0.25) is 5.91 Å². The molecule has 1 aromatic rings. The van der Waals surface area contributed by atoms with E-state index in [2.05, 4.69) is 38.5 Å². The maximum absolute atomic E-state index is 12.1. The Labute approximate surface area is 116 Å². The van der Waals surface area contributed by atoms with Gasteiger partial charge in [0.1, 0.15) is 5.82 Å². The molecule has 1 saturated heterocycles. The van der Waals surface area contributed by atoms with Crippen LogP contribution in [-0.4, -0.2) is 23.5 Å². The molecule has 2 rings (SSSR count). The van der Waals surface area contributed by atoms with Gasteiger partial charge in [-0.25, -0.2) is 4.98 Å². The molecule has 2 heterocycles. The summed E-state index contributed by atoms with van der Waals surface area (Å²) in [5, 5.41) is 6.11. The van der Waals surface area contributed by atoms with E-state index >= 15 is 0 Å². The number of hydrogen-bond donors (Lipinski definition) is 2. The van der Waals surface area contributed by atoms with Crippen molar-refractivity contribution in [1.29, 1.82) is 0 Å². The number of halogens is 1. The van der Waals surface area contributed by atoms with Gasteiger partial charge in [-0.15, -0.1) is 0 Å². The molecule has 18 heavy (non-hydrogen) atoms. The number of aromatic nitrogens is 1. The van der Waals surface area contributed by atoms with Crippen LogP contribution in [0.25, 0.3) is 0 Å². The van der Waals surface area contributed by atoms with Gasteiger partial charge in [-0.2, -0.15) is 0 Å². The van der Waals surface area contributed by atoms with Crippen molar-refractivity contribution in [1.82, 2.24) is 10.3 Å². The van der Waals surface area contributed by atoms with Crippen LogP contribution in [-0.2, 0) is 4.79 Å². The van der Waals surface area contributed by atoms with E-state index in [4.69, 9.17) is 0 Å². The number of piperidine rings is 1. The van der Waals surface area contributed by atoms with E-state index in [1.165, 1.54) is 0 Å². The van der Waals surface area contributed by atoms with Crippen molar-refractivity contribution in [3.8, 4) is 0 Å². The van der Waals surface area contributed by atoms with Gasteiger partial charge in [0.05, 0.1) is 6.04 Å². The number of pyridine rings is 1. The van der Waals surface area contributed by atoms with Gasteiger partial charge in [0, 0.05) is 10.7 Å². The minimum Gasteiger partial charge on any atom is -0.309 e. The van der Waals surface area contributed by atoms with Crippen LogP contribution in [0.4, 0.5) is 5.82 Å². The van der Waals surface area contributed by atoms with Crippen LogP contribution < -0.4 is 10.6 Å². The highest BCUT2D eigenvalue weighted by Crippen LogP contribution is 2.19. The Morgan fingerprint density at radius 3 is 3.06 bits per heavy atom. The average Bonchev–Trinajstić information content (AvgIpc) is 2.34. The number of carbonyl (C=O) groups excluding carboxylic acids is 1. The van der Waals surface area contributed by atoms with Crippen molar-refractivity contribution in [2.24, 2.45) is 5.92 Å². The summed E-state index contributed by atoms with van der Waals surface area (Å²) in [6, 6.07) is 1.77. The zero-order chi connectivity index (χ0) is 13.1. The number of nitrogens with one attached hydrogen (secondary N) is 2. The molecule has 0 bridgehead atoms. The van der Waals surface area contributed by atoms with Crippen LogP contribution in [0.1, 0.15) is 25.3 Å². The summed E-state index contributed by atoms with van der Waals surface area (Å²) in [4.78, 5) is 16.3. The van der Waals surface area contributed by atoms with Crippen molar-refractivity contribution in [3.05, 3.63) is 22.3 Å². The van der Waals surface area contributed by atoms with Gasteiger partial charge in [-0.05, 0) is 59.8 Å². The van der Waals surface area contributed by atoms with Crippen molar-refractivity contribution >= 4 is 27.7 Å². The largest absolute Gasteiger partial charge is 0.309 e. The second-order valence-electron chi connectivity index (χ2n) is 4.94. The summed E-state index contributed by atoms with van der Waals surface area (Å²) in [5.41, 5.74) is 1.06. The molecule has 5 heteroatoms. The number of hydrogen-bond acceptors (Lipinski definition) is 3. The summed E-state index contributed by atoms with van der Waals surface area (Å²) in [6.07, 6.45) is 3.74. The molecule has 2 unspecified atom stereocenters. The molecule has 1 aliphatic rings. The molecule has 0 aliphatic carbocycles. The molecule has 0 radical (unpaired) electrons. The lowest BCUT2D eigenvalue weighted by Gasteiger charge is -2.27. The highest BCUT2D eigenvalue weighted by atomic mass is 79.9. The fourth-order valence-corrected chi connectivity index (χ4v) is 2.35. The van der Waals surface area contributed by atoms with Gasteiger partial charge >= 0.3 is 0 Å². The highest BCUT2D eigenvalue weighted by Gasteiger charge is 2.24. The Balaban J connectivity index is 2.00. The molecule has 4 nitrogen and oxygen atoms in total. The van der Waals surface area contributed by atoms with Crippen LogP contribution in [0.5, 0.6) is 0 Å². The Kier molecular flexibility index (Phi) is 4.35. The first-order valence-electron chi connectivity index (χ1n) is 6.22. The van der Waals surface area contributed by atoms with Gasteiger partial charge < -0.3 is 10.6 Å². The van der Waals surface area contributed by atoms with E-state index in [-0.39, 0.29) is 11.9 Å². The molecular formula is C13H18BrN3O. The van der Waals surface area contributed by atoms with Crippen molar-refractivity contribution in [2.45, 2.75) is 32.7 Å². The quantitative estimate of drug-likeness (QED) is 0.882. The summed E-state index contributed by atoms with van der Waals surface area (Å²) in [6.45, 7) is 5.07. The van der Waals surface area contributed by atoms with E-state index in [0.717, 1.165) is 29.4 Å². The third-order valence-electron chi connectivity index (χ3n) is 3.28. The first kappa shape index (κ1) is 13.5. The number of aryl methyl sites for hydroxylation is 1. The van der Waals surface area contributed by atoms with Crippen LogP contribution in [0.2, 0.25) is 0 Å². The lowest BCUT2D eigenvalue weighted by atomic mass is 9.94.